The van der Waals surface area contributed by atoms with E-state index < -0.39 is 12.0 Å². The van der Waals surface area contributed by atoms with Gasteiger partial charge in [-0.1, -0.05) is 0 Å². The molecule has 0 saturated heterocycles. The van der Waals surface area contributed by atoms with Gasteiger partial charge in [0.2, 0.25) is 0 Å². The molecule has 0 aromatic carbocycles. The monoisotopic (exact) mass is 178 g/mol. The molecule has 0 aliphatic heterocycles. The number of aliphatic carboxylic acids is 1. The van der Waals surface area contributed by atoms with Crippen molar-refractivity contribution in [2.75, 3.05) is 12.8 Å². The first-order chi connectivity index (χ1) is 5.00. The van der Waals surface area contributed by atoms with Crippen molar-refractivity contribution in [1.82, 2.24) is 4.90 Å². The van der Waals surface area contributed by atoms with Gasteiger partial charge in [0.25, 0.3) is 0 Å². The lowest BCUT2D eigenvalue weighted by Crippen LogP contribution is -2.48. The molecule has 3 N–H and O–H groups in total. The van der Waals surface area contributed by atoms with Crippen LogP contribution in [0, 0.1) is 0 Å². The number of hydrogen-bond acceptors (Lipinski definition) is 4. The van der Waals surface area contributed by atoms with Crippen molar-refractivity contribution < 1.29 is 9.90 Å². The van der Waals surface area contributed by atoms with E-state index >= 15 is 0 Å². The molecule has 0 radical (unpaired) electrons. The fraction of sp³-hybridized carbons (Fsp3) is 0.833. The molecule has 0 fully saturated rings. The van der Waals surface area contributed by atoms with Gasteiger partial charge in [0.1, 0.15) is 6.04 Å². The molecule has 2 atom stereocenters. The first kappa shape index (κ1) is 10.7. The fourth-order valence-corrected chi connectivity index (χ4v) is 1.08. The van der Waals surface area contributed by atoms with Crippen LogP contribution < -0.4 is 5.73 Å². The van der Waals surface area contributed by atoms with Crippen molar-refractivity contribution in [3.05, 3.63) is 0 Å². The van der Waals surface area contributed by atoms with Crippen LogP contribution in [0.15, 0.2) is 0 Å². The van der Waals surface area contributed by atoms with Crippen molar-refractivity contribution in [3.63, 3.8) is 0 Å². The van der Waals surface area contributed by atoms with Crippen LogP contribution in [0.5, 0.6) is 0 Å². The smallest absolute Gasteiger partial charge is 0.321 e. The van der Waals surface area contributed by atoms with Crippen LogP contribution in [0.4, 0.5) is 0 Å². The van der Waals surface area contributed by atoms with E-state index in [0.29, 0.717) is 0 Å². The van der Waals surface area contributed by atoms with Crippen molar-refractivity contribution in [3.8, 4) is 0 Å². The summed E-state index contributed by atoms with van der Waals surface area (Å²) in [7, 11) is 1.67. The van der Waals surface area contributed by atoms with E-state index in [0.717, 1.165) is 0 Å². The van der Waals surface area contributed by atoms with E-state index in [4.69, 9.17) is 10.8 Å². The molecule has 0 rings (SSSR count). The Balaban J connectivity index is 4.14. The minimum atomic E-state index is -0.889. The maximum atomic E-state index is 10.5. The quantitative estimate of drug-likeness (QED) is 0.405. The highest BCUT2D eigenvalue weighted by atomic mass is 32.1. The van der Waals surface area contributed by atoms with Crippen molar-refractivity contribution >= 4 is 18.6 Å². The van der Waals surface area contributed by atoms with Crippen LogP contribution in [-0.4, -0.2) is 41.0 Å². The third kappa shape index (κ3) is 3.09. The molecule has 0 aliphatic carbocycles. The summed E-state index contributed by atoms with van der Waals surface area (Å²) in [6.07, 6.45) is -0.261. The third-order valence-electron chi connectivity index (χ3n) is 1.59. The molecular weight excluding hydrogens is 164 g/mol. The highest BCUT2D eigenvalue weighted by Crippen LogP contribution is 2.00. The molecule has 11 heavy (non-hydrogen) atoms. The van der Waals surface area contributed by atoms with Gasteiger partial charge in [-0.2, -0.15) is 12.6 Å². The molecule has 66 valence electrons. The zero-order valence-corrected chi connectivity index (χ0v) is 7.58. The zero-order valence-electron chi connectivity index (χ0n) is 6.69. The van der Waals surface area contributed by atoms with E-state index in [1.807, 2.05) is 0 Å². The Hall–Kier alpha value is -0.260. The molecule has 0 amide bonds. The summed E-state index contributed by atoms with van der Waals surface area (Å²) < 4.78 is 0. The Morgan fingerprint density at radius 2 is 2.27 bits per heavy atom. The van der Waals surface area contributed by atoms with Crippen LogP contribution in [0.25, 0.3) is 0 Å². The molecule has 5 heteroatoms. The van der Waals surface area contributed by atoms with E-state index in [1.54, 1.807) is 18.9 Å². The molecule has 0 heterocycles. The Labute approximate surface area is 71.8 Å². The van der Waals surface area contributed by atoms with Gasteiger partial charge in [-0.25, -0.2) is 0 Å². The minimum Gasteiger partial charge on any atom is -0.480 e. The summed E-state index contributed by atoms with van der Waals surface area (Å²) in [6, 6.07) is -0.599. The summed E-state index contributed by atoms with van der Waals surface area (Å²) in [5.41, 5.74) is 5.48. The van der Waals surface area contributed by atoms with Gasteiger partial charge < -0.3 is 10.8 Å². The van der Waals surface area contributed by atoms with Crippen LogP contribution in [0.2, 0.25) is 0 Å². The second-order valence-electron chi connectivity index (χ2n) is 2.44. The first-order valence-corrected chi connectivity index (χ1v) is 3.95. The van der Waals surface area contributed by atoms with Crippen LogP contribution >= 0.6 is 12.6 Å². The largest absolute Gasteiger partial charge is 0.480 e. The zero-order chi connectivity index (χ0) is 9.02. The number of carboxylic acid groups (broad SMARTS) is 1. The number of rotatable bonds is 4. The Kier molecular flexibility index (Phi) is 4.48. The van der Waals surface area contributed by atoms with Gasteiger partial charge in [0.05, 0.1) is 6.17 Å². The SMILES string of the molecule is CC(N)N(C)C(CS)C(=O)O. The van der Waals surface area contributed by atoms with E-state index in [-0.39, 0.29) is 11.9 Å². The number of thiol groups is 1. The molecule has 0 saturated carbocycles. The second kappa shape index (κ2) is 4.58. The molecule has 0 aliphatic rings. The lowest BCUT2D eigenvalue weighted by Gasteiger charge is -2.26. The van der Waals surface area contributed by atoms with Crippen molar-refractivity contribution in [2.24, 2.45) is 5.73 Å². The average molecular weight is 178 g/mol. The lowest BCUT2D eigenvalue weighted by molar-refractivity contribution is -0.142. The number of carboxylic acids is 1. The standard InChI is InChI=1S/C6H14N2O2S/c1-4(7)8(2)5(3-11)6(9)10/h4-5,11H,3,7H2,1-2H3,(H,9,10). The van der Waals surface area contributed by atoms with Gasteiger partial charge in [-0.05, 0) is 14.0 Å². The number of hydrogen-bond donors (Lipinski definition) is 3. The number of nitrogens with two attached hydrogens (primary N) is 1. The van der Waals surface area contributed by atoms with Crippen LogP contribution in [0.1, 0.15) is 6.92 Å². The predicted molar refractivity (Wildman–Crippen MR) is 46.7 cm³/mol. The molecule has 0 bridgehead atoms. The van der Waals surface area contributed by atoms with Crippen LogP contribution in [-0.2, 0) is 4.79 Å². The van der Waals surface area contributed by atoms with Gasteiger partial charge in [-0.15, -0.1) is 0 Å². The molecule has 0 spiro atoms. The van der Waals surface area contributed by atoms with Gasteiger partial charge in [0, 0.05) is 5.75 Å². The van der Waals surface area contributed by atoms with E-state index in [2.05, 4.69) is 12.6 Å². The maximum absolute atomic E-state index is 10.5. The number of carbonyl (C=O) groups is 1. The topological polar surface area (TPSA) is 66.6 Å². The Morgan fingerprint density at radius 3 is 2.36 bits per heavy atom. The number of nitrogens with zero attached hydrogens (tertiary/aromatic N) is 1. The highest BCUT2D eigenvalue weighted by Gasteiger charge is 2.22. The fourth-order valence-electron chi connectivity index (χ4n) is 0.665. The molecule has 0 aromatic heterocycles. The number of likely N-dealkylation sites (N-methyl/N-ethyl adjacent to an activating group) is 1. The van der Waals surface area contributed by atoms with Crippen molar-refractivity contribution in [1.29, 1.82) is 0 Å². The molecule has 4 nitrogen and oxygen atoms in total. The third-order valence-corrected chi connectivity index (χ3v) is 1.94. The Morgan fingerprint density at radius 1 is 1.82 bits per heavy atom. The van der Waals surface area contributed by atoms with Crippen LogP contribution in [0.3, 0.4) is 0 Å². The molecule has 0 aromatic rings. The average Bonchev–Trinajstić information content (AvgIpc) is 1.88. The van der Waals surface area contributed by atoms with E-state index in [9.17, 15) is 4.79 Å². The highest BCUT2D eigenvalue weighted by molar-refractivity contribution is 7.80. The molecular formula is C6H14N2O2S. The predicted octanol–water partition coefficient (Wildman–Crippen LogP) is -0.394. The minimum absolute atomic E-state index is 0.261. The Bertz CT molecular complexity index is 141. The molecule has 2 unspecified atom stereocenters. The normalized spacial score (nSPS) is 16.5. The van der Waals surface area contributed by atoms with Gasteiger partial charge >= 0.3 is 5.97 Å². The summed E-state index contributed by atoms with van der Waals surface area (Å²) >= 11 is 3.91. The van der Waals surface area contributed by atoms with Crippen molar-refractivity contribution in [2.45, 2.75) is 19.1 Å². The first-order valence-electron chi connectivity index (χ1n) is 3.32. The van der Waals surface area contributed by atoms with E-state index in [1.165, 1.54) is 0 Å². The maximum Gasteiger partial charge on any atom is 0.321 e. The summed E-state index contributed by atoms with van der Waals surface area (Å²) in [6.45, 7) is 1.74. The summed E-state index contributed by atoms with van der Waals surface area (Å²) in [5, 5.41) is 8.65. The van der Waals surface area contributed by atoms with Gasteiger partial charge in [-0.3, -0.25) is 9.69 Å². The second-order valence-corrected chi connectivity index (χ2v) is 2.81. The summed E-state index contributed by atoms with van der Waals surface area (Å²) in [5.74, 6) is -0.618. The lowest BCUT2D eigenvalue weighted by atomic mass is 10.3. The van der Waals surface area contributed by atoms with Gasteiger partial charge in [0.15, 0.2) is 0 Å². The summed E-state index contributed by atoms with van der Waals surface area (Å²) in [4.78, 5) is 12.1.